The van der Waals surface area contributed by atoms with Gasteiger partial charge in [0.1, 0.15) is 5.82 Å². The SMILES string of the molecule is N#CC=CNc1ccnc(-c2ccncc2)n1. The third-order valence-corrected chi connectivity index (χ3v) is 1.98. The number of hydrogen-bond acceptors (Lipinski definition) is 5. The molecule has 0 aliphatic carbocycles. The van der Waals surface area contributed by atoms with Crippen molar-refractivity contribution >= 4 is 5.82 Å². The highest BCUT2D eigenvalue weighted by Crippen LogP contribution is 2.14. The van der Waals surface area contributed by atoms with E-state index in [1.165, 1.54) is 12.3 Å². The molecule has 2 heterocycles. The average molecular weight is 223 g/mol. The molecule has 0 aliphatic rings. The summed E-state index contributed by atoms with van der Waals surface area (Å²) in [6.45, 7) is 0. The monoisotopic (exact) mass is 223 g/mol. The van der Waals surface area contributed by atoms with Gasteiger partial charge < -0.3 is 5.32 Å². The van der Waals surface area contributed by atoms with Crippen molar-refractivity contribution in [3.63, 3.8) is 0 Å². The van der Waals surface area contributed by atoms with Gasteiger partial charge in [-0.3, -0.25) is 4.98 Å². The second-order valence-electron chi connectivity index (χ2n) is 3.11. The van der Waals surface area contributed by atoms with Crippen LogP contribution in [0.2, 0.25) is 0 Å². The predicted molar refractivity (Wildman–Crippen MR) is 63.6 cm³/mol. The molecule has 0 fully saturated rings. The first-order chi connectivity index (χ1) is 8.40. The van der Waals surface area contributed by atoms with E-state index in [1.807, 2.05) is 18.2 Å². The number of aromatic nitrogens is 3. The van der Waals surface area contributed by atoms with Crippen molar-refractivity contribution in [1.29, 1.82) is 5.26 Å². The van der Waals surface area contributed by atoms with Gasteiger partial charge in [-0.1, -0.05) is 0 Å². The second kappa shape index (κ2) is 5.37. The van der Waals surface area contributed by atoms with Crippen LogP contribution >= 0.6 is 0 Å². The van der Waals surface area contributed by atoms with Crippen LogP contribution < -0.4 is 5.32 Å². The molecular formula is C12H9N5. The van der Waals surface area contributed by atoms with Crippen LogP contribution in [0.15, 0.2) is 49.1 Å². The summed E-state index contributed by atoms with van der Waals surface area (Å²) in [7, 11) is 0. The van der Waals surface area contributed by atoms with Crippen LogP contribution in [-0.2, 0) is 0 Å². The summed E-state index contributed by atoms with van der Waals surface area (Å²) in [6.07, 6.45) is 7.90. The van der Waals surface area contributed by atoms with Crippen molar-refractivity contribution in [2.45, 2.75) is 0 Å². The number of hydrogen-bond donors (Lipinski definition) is 1. The largest absolute Gasteiger partial charge is 0.346 e. The van der Waals surface area contributed by atoms with E-state index in [4.69, 9.17) is 5.26 Å². The van der Waals surface area contributed by atoms with Crippen molar-refractivity contribution in [2.75, 3.05) is 5.32 Å². The molecule has 2 aromatic rings. The maximum Gasteiger partial charge on any atom is 0.161 e. The van der Waals surface area contributed by atoms with Gasteiger partial charge in [0.05, 0.1) is 6.07 Å². The highest BCUT2D eigenvalue weighted by Gasteiger charge is 2.00. The number of pyridine rings is 1. The first kappa shape index (κ1) is 10.8. The standard InChI is InChI=1S/C12H9N5/c13-5-1-6-15-11-4-9-16-12(17-11)10-2-7-14-8-3-10/h1-4,6-9H,(H,15,16,17). The number of nitrogens with one attached hydrogen (secondary N) is 1. The Morgan fingerprint density at radius 3 is 2.76 bits per heavy atom. The molecule has 1 N–H and O–H groups in total. The molecule has 0 aromatic carbocycles. The molecule has 0 spiro atoms. The first-order valence-electron chi connectivity index (χ1n) is 4.95. The van der Waals surface area contributed by atoms with Crippen molar-refractivity contribution in [3.05, 3.63) is 49.1 Å². The van der Waals surface area contributed by atoms with Gasteiger partial charge in [-0.05, 0) is 18.2 Å². The van der Waals surface area contributed by atoms with Crippen LogP contribution in [-0.4, -0.2) is 15.0 Å². The molecule has 2 aromatic heterocycles. The van der Waals surface area contributed by atoms with E-state index in [-0.39, 0.29) is 0 Å². The van der Waals surface area contributed by atoms with E-state index >= 15 is 0 Å². The lowest BCUT2D eigenvalue weighted by molar-refractivity contribution is 1.17. The quantitative estimate of drug-likeness (QED) is 0.805. The van der Waals surface area contributed by atoms with Crippen LogP contribution in [0.3, 0.4) is 0 Å². The fraction of sp³-hybridized carbons (Fsp3) is 0. The molecule has 0 saturated carbocycles. The maximum atomic E-state index is 8.36. The van der Waals surface area contributed by atoms with Gasteiger partial charge in [-0.15, -0.1) is 0 Å². The Morgan fingerprint density at radius 1 is 1.18 bits per heavy atom. The van der Waals surface area contributed by atoms with Crippen LogP contribution in [0.4, 0.5) is 5.82 Å². The van der Waals surface area contributed by atoms with Gasteiger partial charge in [0.25, 0.3) is 0 Å². The summed E-state index contributed by atoms with van der Waals surface area (Å²) in [5, 5.41) is 11.2. The molecule has 0 amide bonds. The van der Waals surface area contributed by atoms with Crippen LogP contribution in [0.25, 0.3) is 11.4 Å². The predicted octanol–water partition coefficient (Wildman–Crippen LogP) is 1.99. The zero-order valence-corrected chi connectivity index (χ0v) is 8.91. The summed E-state index contributed by atoms with van der Waals surface area (Å²) >= 11 is 0. The summed E-state index contributed by atoms with van der Waals surface area (Å²) in [4.78, 5) is 12.4. The topological polar surface area (TPSA) is 74.5 Å². The fourth-order valence-electron chi connectivity index (χ4n) is 1.24. The van der Waals surface area contributed by atoms with Crippen molar-refractivity contribution in [1.82, 2.24) is 15.0 Å². The van der Waals surface area contributed by atoms with Gasteiger partial charge in [-0.25, -0.2) is 9.97 Å². The minimum atomic E-state index is 0.614. The number of anilines is 1. The summed E-state index contributed by atoms with van der Waals surface area (Å²) in [5.41, 5.74) is 0.896. The van der Waals surface area contributed by atoms with E-state index in [2.05, 4.69) is 20.3 Å². The van der Waals surface area contributed by atoms with E-state index in [9.17, 15) is 0 Å². The maximum absolute atomic E-state index is 8.36. The molecule has 2 rings (SSSR count). The Balaban J connectivity index is 2.24. The lowest BCUT2D eigenvalue weighted by Crippen LogP contribution is -1.95. The molecule has 5 heteroatoms. The minimum Gasteiger partial charge on any atom is -0.346 e. The van der Waals surface area contributed by atoms with Crippen molar-refractivity contribution < 1.29 is 0 Å². The Morgan fingerprint density at radius 2 is 2.00 bits per heavy atom. The van der Waals surface area contributed by atoms with E-state index in [0.717, 1.165) is 5.56 Å². The molecule has 0 atom stereocenters. The van der Waals surface area contributed by atoms with Gasteiger partial charge in [-0.2, -0.15) is 5.26 Å². The molecule has 5 nitrogen and oxygen atoms in total. The van der Waals surface area contributed by atoms with Crippen molar-refractivity contribution in [3.8, 4) is 17.5 Å². The molecule has 0 radical (unpaired) electrons. The Kier molecular flexibility index (Phi) is 3.40. The number of allylic oxidation sites excluding steroid dienone is 1. The lowest BCUT2D eigenvalue weighted by Gasteiger charge is -2.02. The highest BCUT2D eigenvalue weighted by atomic mass is 15.0. The zero-order valence-electron chi connectivity index (χ0n) is 8.91. The van der Waals surface area contributed by atoms with E-state index in [1.54, 1.807) is 24.7 Å². The van der Waals surface area contributed by atoms with Gasteiger partial charge in [0.2, 0.25) is 0 Å². The Bertz CT molecular complexity index is 557. The molecule has 0 unspecified atom stereocenters. The average Bonchev–Trinajstić information content (AvgIpc) is 2.41. The molecule has 82 valence electrons. The Labute approximate surface area is 98.5 Å². The molecule has 17 heavy (non-hydrogen) atoms. The van der Waals surface area contributed by atoms with Gasteiger partial charge >= 0.3 is 0 Å². The van der Waals surface area contributed by atoms with Gasteiger partial charge in [0.15, 0.2) is 5.82 Å². The van der Waals surface area contributed by atoms with Crippen LogP contribution in [0.1, 0.15) is 0 Å². The van der Waals surface area contributed by atoms with E-state index in [0.29, 0.717) is 11.6 Å². The molecule has 0 bridgehead atoms. The third-order valence-electron chi connectivity index (χ3n) is 1.98. The first-order valence-corrected chi connectivity index (χ1v) is 4.95. The van der Waals surface area contributed by atoms with Crippen LogP contribution in [0.5, 0.6) is 0 Å². The summed E-state index contributed by atoms with van der Waals surface area (Å²) in [5.74, 6) is 1.25. The van der Waals surface area contributed by atoms with Crippen LogP contribution in [0, 0.1) is 11.3 Å². The smallest absolute Gasteiger partial charge is 0.161 e. The van der Waals surface area contributed by atoms with E-state index < -0.39 is 0 Å². The molecule has 0 saturated heterocycles. The normalized spacial score (nSPS) is 10.1. The number of nitriles is 1. The van der Waals surface area contributed by atoms with Crippen molar-refractivity contribution in [2.24, 2.45) is 0 Å². The molecule has 0 aliphatic heterocycles. The highest BCUT2D eigenvalue weighted by molar-refractivity contribution is 5.56. The summed E-state index contributed by atoms with van der Waals surface area (Å²) < 4.78 is 0. The lowest BCUT2D eigenvalue weighted by atomic mass is 10.2. The second-order valence-corrected chi connectivity index (χ2v) is 3.11. The third kappa shape index (κ3) is 2.86. The number of rotatable bonds is 3. The molecular weight excluding hydrogens is 214 g/mol. The summed E-state index contributed by atoms with van der Waals surface area (Å²) in [6, 6.07) is 7.29. The minimum absolute atomic E-state index is 0.614. The fourth-order valence-corrected chi connectivity index (χ4v) is 1.24. The number of nitrogens with zero attached hydrogens (tertiary/aromatic N) is 4. The van der Waals surface area contributed by atoms with Gasteiger partial charge in [0, 0.05) is 36.4 Å². The Hall–Kier alpha value is -2.74. The zero-order chi connectivity index (χ0) is 11.9.